The summed E-state index contributed by atoms with van der Waals surface area (Å²) in [6, 6.07) is 0. The van der Waals surface area contributed by atoms with Crippen LogP contribution in [0.2, 0.25) is 0 Å². The van der Waals surface area contributed by atoms with Gasteiger partial charge in [-0.05, 0) is 44.9 Å². The second-order valence-electron chi connectivity index (χ2n) is 13.6. The Hall–Kier alpha value is -2.13. The molecule has 0 amide bonds. The summed E-state index contributed by atoms with van der Waals surface area (Å²) in [6.45, 7) is 3.62. The third-order valence-electron chi connectivity index (χ3n) is 8.72. The predicted octanol–water partition coefficient (Wildman–Crippen LogP) is 6.66. The van der Waals surface area contributed by atoms with Crippen LogP contribution in [0.1, 0.15) is 142 Å². The maximum absolute atomic E-state index is 12.7. The molecule has 1 heterocycles. The first-order valence-corrected chi connectivity index (χ1v) is 21.2. The smallest absolute Gasteiger partial charge is 0.306 e. The van der Waals surface area contributed by atoms with Crippen molar-refractivity contribution in [1.82, 2.24) is 0 Å². The SMILES string of the molecule is CCCCCCCC/C=C/C/C=C/C/C=C/CCCC(=O)O[C@H](COC(=O)CCCCCCCCC)CO[C@H]1O[C@H](CS(=O)(=O)O)[C@@H](O)C(O)C1O. The van der Waals surface area contributed by atoms with Gasteiger partial charge in [0.25, 0.3) is 10.1 Å². The summed E-state index contributed by atoms with van der Waals surface area (Å²) in [6.07, 6.45) is 22.4. The first kappa shape index (κ1) is 47.9. The topological polar surface area (TPSA) is 186 Å². The number of carbonyl (C=O) groups excluding carboxylic acids is 2. The summed E-state index contributed by atoms with van der Waals surface area (Å²) in [4.78, 5) is 25.1. The van der Waals surface area contributed by atoms with E-state index in [0.29, 0.717) is 19.3 Å². The Kier molecular flexibility index (Phi) is 27.8. The number of allylic oxidation sites excluding steroid dienone is 6. The van der Waals surface area contributed by atoms with Gasteiger partial charge in [-0.15, -0.1) is 0 Å². The minimum absolute atomic E-state index is 0.0932. The fraction of sp³-hybridized carbons (Fsp3) is 0.795. The number of hydrogen-bond donors (Lipinski definition) is 4. The Morgan fingerprint density at radius 3 is 1.77 bits per heavy atom. The van der Waals surface area contributed by atoms with Gasteiger partial charge < -0.3 is 34.3 Å². The highest BCUT2D eigenvalue weighted by Crippen LogP contribution is 2.24. The quantitative estimate of drug-likeness (QED) is 0.0255. The van der Waals surface area contributed by atoms with E-state index in [1.807, 2.05) is 12.2 Å². The van der Waals surface area contributed by atoms with E-state index in [4.69, 9.17) is 18.9 Å². The van der Waals surface area contributed by atoms with Crippen molar-refractivity contribution in [2.45, 2.75) is 179 Å². The Balaban J connectivity index is 2.53. The summed E-state index contributed by atoms with van der Waals surface area (Å²) in [7, 11) is -4.60. The first-order chi connectivity index (χ1) is 25.0. The Morgan fingerprint density at radius 1 is 0.654 bits per heavy atom. The van der Waals surface area contributed by atoms with Crippen molar-refractivity contribution in [3.63, 3.8) is 0 Å². The van der Waals surface area contributed by atoms with Crippen LogP contribution in [0.25, 0.3) is 0 Å². The van der Waals surface area contributed by atoms with Gasteiger partial charge in [0.05, 0.1) is 6.61 Å². The van der Waals surface area contributed by atoms with E-state index in [9.17, 15) is 37.9 Å². The lowest BCUT2D eigenvalue weighted by atomic mass is 10.00. The third-order valence-corrected chi connectivity index (χ3v) is 9.47. The van der Waals surface area contributed by atoms with Crippen LogP contribution in [-0.4, -0.2) is 96.0 Å². The molecule has 1 aliphatic rings. The van der Waals surface area contributed by atoms with E-state index in [2.05, 4.69) is 38.2 Å². The molecule has 12 nitrogen and oxygen atoms in total. The maximum Gasteiger partial charge on any atom is 0.306 e. The Labute approximate surface area is 312 Å². The second-order valence-corrected chi connectivity index (χ2v) is 15.1. The zero-order valence-electron chi connectivity index (χ0n) is 31.7. The van der Waals surface area contributed by atoms with E-state index in [0.717, 1.165) is 44.9 Å². The van der Waals surface area contributed by atoms with Gasteiger partial charge in [0.15, 0.2) is 12.4 Å². The number of carbonyl (C=O) groups is 2. The highest BCUT2D eigenvalue weighted by molar-refractivity contribution is 7.85. The van der Waals surface area contributed by atoms with Crippen LogP contribution in [0.3, 0.4) is 0 Å². The van der Waals surface area contributed by atoms with Gasteiger partial charge in [-0.3, -0.25) is 14.1 Å². The van der Waals surface area contributed by atoms with Crippen LogP contribution in [0.15, 0.2) is 36.5 Å². The zero-order valence-corrected chi connectivity index (χ0v) is 32.5. The molecule has 0 saturated carbocycles. The molecule has 1 saturated heterocycles. The van der Waals surface area contributed by atoms with E-state index in [-0.39, 0.29) is 19.4 Å². The molecule has 0 spiro atoms. The third kappa shape index (κ3) is 25.0. The largest absolute Gasteiger partial charge is 0.462 e. The van der Waals surface area contributed by atoms with Crippen molar-refractivity contribution in [3.05, 3.63) is 36.5 Å². The predicted molar refractivity (Wildman–Crippen MR) is 201 cm³/mol. The lowest BCUT2D eigenvalue weighted by Crippen LogP contribution is -2.60. The normalized spacial score (nSPS) is 21.7. The van der Waals surface area contributed by atoms with Gasteiger partial charge in [-0.1, -0.05) is 121 Å². The standard InChI is InChI=1S/C39H68O12S/c1-3-5-7-9-11-12-13-14-15-16-17-18-19-20-22-24-26-28-35(41)50-32(29-48-34(40)27-25-23-21-10-8-6-4-2)30-49-39-38(44)37(43)36(42)33(51-39)31-52(45,46)47/h14-15,17-18,20,22,32-33,36-39,42-44H,3-13,16,19,21,23-31H2,1-2H3,(H,45,46,47)/b15-14+,18-17+,22-20+/t32-,33-,36-,37?,38?,39+/m1/s1. The molecule has 0 radical (unpaired) electrons. The highest BCUT2D eigenvalue weighted by Gasteiger charge is 2.46. The number of hydrogen-bond acceptors (Lipinski definition) is 11. The van der Waals surface area contributed by atoms with Crippen molar-refractivity contribution >= 4 is 22.1 Å². The van der Waals surface area contributed by atoms with Crippen molar-refractivity contribution in [1.29, 1.82) is 0 Å². The molecule has 0 aromatic carbocycles. The minimum Gasteiger partial charge on any atom is -0.462 e. The molecule has 2 unspecified atom stereocenters. The van der Waals surface area contributed by atoms with Gasteiger partial charge in [-0.25, -0.2) is 0 Å². The summed E-state index contributed by atoms with van der Waals surface area (Å²) in [5, 5.41) is 30.7. The van der Waals surface area contributed by atoms with Gasteiger partial charge in [0.1, 0.15) is 36.8 Å². The molecule has 0 aliphatic carbocycles. The van der Waals surface area contributed by atoms with Crippen molar-refractivity contribution in [3.8, 4) is 0 Å². The van der Waals surface area contributed by atoms with Crippen LogP contribution in [-0.2, 0) is 38.7 Å². The van der Waals surface area contributed by atoms with E-state index in [1.54, 1.807) is 0 Å². The minimum atomic E-state index is -4.60. The molecular weight excluding hydrogens is 692 g/mol. The number of unbranched alkanes of at least 4 members (excludes halogenated alkanes) is 13. The summed E-state index contributed by atoms with van der Waals surface area (Å²) < 4.78 is 53.6. The van der Waals surface area contributed by atoms with Crippen molar-refractivity contribution in [2.75, 3.05) is 19.0 Å². The monoisotopic (exact) mass is 760 g/mol. The fourth-order valence-corrected chi connectivity index (χ4v) is 6.32. The maximum atomic E-state index is 12.7. The molecule has 13 heteroatoms. The molecule has 1 aliphatic heterocycles. The van der Waals surface area contributed by atoms with Gasteiger partial charge >= 0.3 is 11.9 Å². The number of aliphatic hydroxyl groups is 3. The van der Waals surface area contributed by atoms with Crippen LogP contribution in [0, 0.1) is 0 Å². The molecule has 4 N–H and O–H groups in total. The number of rotatable bonds is 31. The molecule has 0 aromatic rings. The van der Waals surface area contributed by atoms with Crippen LogP contribution in [0.5, 0.6) is 0 Å². The molecule has 1 rings (SSSR count). The fourth-order valence-electron chi connectivity index (χ4n) is 5.63. The van der Waals surface area contributed by atoms with Gasteiger partial charge in [-0.2, -0.15) is 8.42 Å². The summed E-state index contributed by atoms with van der Waals surface area (Å²) in [5.74, 6) is -2.06. The van der Waals surface area contributed by atoms with Crippen LogP contribution < -0.4 is 0 Å². The molecular formula is C39H68O12S. The molecule has 302 valence electrons. The molecule has 0 aromatic heterocycles. The van der Waals surface area contributed by atoms with E-state index >= 15 is 0 Å². The summed E-state index contributed by atoms with van der Waals surface area (Å²) in [5.41, 5.74) is 0. The van der Waals surface area contributed by atoms with Gasteiger partial charge in [0, 0.05) is 12.8 Å². The molecule has 1 fully saturated rings. The van der Waals surface area contributed by atoms with Crippen LogP contribution in [0.4, 0.5) is 0 Å². The van der Waals surface area contributed by atoms with Crippen molar-refractivity contribution < 1.29 is 56.8 Å². The first-order valence-electron chi connectivity index (χ1n) is 19.5. The van der Waals surface area contributed by atoms with Crippen molar-refractivity contribution in [2.24, 2.45) is 0 Å². The molecule has 6 atom stereocenters. The Morgan fingerprint density at radius 2 is 1.17 bits per heavy atom. The second kappa shape index (κ2) is 30.2. The lowest BCUT2D eigenvalue weighted by Gasteiger charge is -2.40. The number of ether oxygens (including phenoxy) is 4. The average molecular weight is 761 g/mol. The lowest BCUT2D eigenvalue weighted by molar-refractivity contribution is -0.297. The number of aliphatic hydroxyl groups excluding tert-OH is 3. The van der Waals surface area contributed by atoms with Gasteiger partial charge in [0.2, 0.25) is 0 Å². The van der Waals surface area contributed by atoms with Crippen LogP contribution >= 0.6 is 0 Å². The zero-order chi connectivity index (χ0) is 38.5. The summed E-state index contributed by atoms with van der Waals surface area (Å²) >= 11 is 0. The molecule has 0 bridgehead atoms. The van der Waals surface area contributed by atoms with E-state index in [1.165, 1.54) is 51.4 Å². The van der Waals surface area contributed by atoms with E-state index < -0.39 is 71.2 Å². The highest BCUT2D eigenvalue weighted by atomic mass is 32.2. The Bertz CT molecular complexity index is 1120. The molecule has 52 heavy (non-hydrogen) atoms. The number of esters is 2. The average Bonchev–Trinajstić information content (AvgIpc) is 3.10.